The summed E-state index contributed by atoms with van der Waals surface area (Å²) in [7, 11) is 0.770. The van der Waals surface area contributed by atoms with Crippen molar-refractivity contribution in [2.45, 2.75) is 227 Å². The van der Waals surface area contributed by atoms with E-state index in [9.17, 15) is 0 Å². The van der Waals surface area contributed by atoms with Crippen molar-refractivity contribution < 1.29 is 74.5 Å². The molecule has 6 aliphatic rings. The van der Waals surface area contributed by atoms with Crippen molar-refractivity contribution in [1.82, 2.24) is 0 Å². The van der Waals surface area contributed by atoms with Gasteiger partial charge >= 0.3 is 0 Å². The first kappa shape index (κ1) is 53.6. The Hall–Kier alpha value is 1.57. The van der Waals surface area contributed by atoms with Gasteiger partial charge in [-0.2, -0.15) is 0 Å². The van der Waals surface area contributed by atoms with Gasteiger partial charge in [-0.3, -0.25) is 0 Å². The van der Waals surface area contributed by atoms with Gasteiger partial charge in [0.05, 0.1) is 0 Å². The molecule has 0 unspecified atom stereocenters. The zero-order valence-corrected chi connectivity index (χ0v) is 44.5. The van der Waals surface area contributed by atoms with Crippen LogP contribution in [0.25, 0.3) is 0 Å². The summed E-state index contributed by atoms with van der Waals surface area (Å²) < 4.78 is 0. The number of halogens is 2. The number of rotatable bonds is 6. The van der Waals surface area contributed by atoms with E-state index in [-0.39, 0.29) is 74.5 Å². The first-order chi connectivity index (χ1) is 24.9. The van der Waals surface area contributed by atoms with E-state index in [1.165, 1.54) is 72.5 Å². The molecule has 6 fully saturated rings. The predicted octanol–water partition coefficient (Wildman–Crippen LogP) is 10.3. The minimum atomic E-state index is 0. The molecule has 2 aromatic carbocycles. The van der Waals surface area contributed by atoms with Crippen LogP contribution < -0.4 is 34.0 Å². The minimum absolute atomic E-state index is 0. The van der Waals surface area contributed by atoms with Gasteiger partial charge in [-0.15, -0.1) is 0 Å². The molecule has 6 heteroatoms. The third-order valence-electron chi connectivity index (χ3n) is 13.3. The van der Waals surface area contributed by atoms with E-state index < -0.39 is 0 Å². The molecule has 0 spiro atoms. The zero-order chi connectivity index (χ0) is 34.3. The molecule has 0 aromatic heterocycles. The van der Waals surface area contributed by atoms with Gasteiger partial charge in [0.25, 0.3) is 0 Å². The second-order valence-corrected chi connectivity index (χ2v) is 23.1. The van der Waals surface area contributed by atoms with Crippen LogP contribution in [0.15, 0.2) is 72.8 Å². The quantitative estimate of drug-likeness (QED) is 0.200. The van der Waals surface area contributed by atoms with E-state index in [2.05, 4.69) is 0 Å². The van der Waals surface area contributed by atoms with Crippen molar-refractivity contribution in [2.24, 2.45) is 0 Å². The third kappa shape index (κ3) is 20.2. The molecule has 6 aliphatic carbocycles. The molecule has 6 saturated carbocycles. The fourth-order valence-corrected chi connectivity index (χ4v) is 20.2. The number of benzene rings is 2. The fraction of sp³-hybridized carbons (Fsp3) is 0.750. The molecular weight excluding hydrogens is 1060 g/mol. The Kier molecular flexibility index (Phi) is 34.0. The van der Waals surface area contributed by atoms with Crippen LogP contribution >= 0.6 is 15.8 Å². The Balaban J connectivity index is 0.000000391. The number of hydrogen-bond donors (Lipinski definition) is 0. The predicted molar refractivity (Wildman–Crippen MR) is 228 cm³/mol. The summed E-state index contributed by atoms with van der Waals surface area (Å²) in [6.45, 7) is 0. The maximum atomic E-state index is 2.00. The van der Waals surface area contributed by atoms with Crippen LogP contribution in [0.3, 0.4) is 0 Å². The van der Waals surface area contributed by atoms with Gasteiger partial charge < -0.3 is 34.0 Å². The molecule has 8 rings (SSSR count). The van der Waals surface area contributed by atoms with Crippen molar-refractivity contribution in [1.29, 1.82) is 0 Å². The maximum Gasteiger partial charge on any atom is 0 e. The molecular formula is C48H78Br2P2PtZn-2. The Morgan fingerprint density at radius 2 is 0.333 bits per heavy atom. The van der Waals surface area contributed by atoms with Gasteiger partial charge in [0.1, 0.15) is 0 Å². The van der Waals surface area contributed by atoms with Gasteiger partial charge in [0.15, 0.2) is 0 Å². The van der Waals surface area contributed by atoms with E-state index in [0.29, 0.717) is 15.8 Å². The van der Waals surface area contributed by atoms with Crippen molar-refractivity contribution in [3.05, 3.63) is 72.8 Å². The van der Waals surface area contributed by atoms with Crippen LogP contribution in [0.4, 0.5) is 0 Å². The van der Waals surface area contributed by atoms with Gasteiger partial charge in [-0.25, -0.2) is 0 Å². The molecule has 0 bridgehead atoms. The van der Waals surface area contributed by atoms with Crippen LogP contribution in [-0.2, 0) is 40.5 Å². The second kappa shape index (κ2) is 34.3. The summed E-state index contributed by atoms with van der Waals surface area (Å²) >= 11 is 0. The van der Waals surface area contributed by atoms with E-state index in [1.807, 2.05) is 72.8 Å². The summed E-state index contributed by atoms with van der Waals surface area (Å²) in [6, 6.07) is 24.0. The molecule has 0 radical (unpaired) electrons. The van der Waals surface area contributed by atoms with Crippen molar-refractivity contribution in [3.63, 3.8) is 0 Å². The second-order valence-electron chi connectivity index (χ2n) is 17.0. The van der Waals surface area contributed by atoms with E-state index in [1.54, 1.807) is 154 Å². The van der Waals surface area contributed by atoms with E-state index in [4.69, 9.17) is 0 Å². The molecule has 2 aromatic rings. The normalized spacial score (nSPS) is 22.1. The average molecular weight is 1140 g/mol. The summed E-state index contributed by atoms with van der Waals surface area (Å²) in [5.74, 6) is 0. The molecule has 308 valence electrons. The van der Waals surface area contributed by atoms with Gasteiger partial charge in [0, 0.05) is 40.5 Å². The Morgan fingerprint density at radius 1 is 0.222 bits per heavy atom. The topological polar surface area (TPSA) is 0 Å². The van der Waals surface area contributed by atoms with Crippen molar-refractivity contribution in [3.8, 4) is 0 Å². The standard InChI is InChI=1S/2C18H33P.2C6H6.2BrH.Pt.Zn/c2*1-4-10-16(11-5-1)19(17-12-6-2-7-13-17)18-14-8-3-9-15-18;2*1-2-4-6-5-3-1;;;;/h2*16-18H,1-15H2;2*1-6H;2*1H;;/p-2. The van der Waals surface area contributed by atoms with Crippen LogP contribution in [0.2, 0.25) is 0 Å². The summed E-state index contributed by atoms with van der Waals surface area (Å²) in [5, 5.41) is 0. The SMILES string of the molecule is C1CCC(P(C2CCCCC2)C2CCCCC2)CC1.C1CCC(P(C2CCCCC2)C2CCCCC2)CC1.[Br-].[Br-].[Pt].[Zn].c1ccccc1.c1ccccc1. The summed E-state index contributed by atoms with van der Waals surface area (Å²) in [4.78, 5) is 0. The minimum Gasteiger partial charge on any atom is -1.00 e. The molecule has 54 heavy (non-hydrogen) atoms. The molecule has 0 nitrogen and oxygen atoms in total. The Morgan fingerprint density at radius 3 is 0.444 bits per heavy atom. The largest absolute Gasteiger partial charge is 1.00 e. The molecule has 0 aliphatic heterocycles. The maximum absolute atomic E-state index is 2.00. The summed E-state index contributed by atoms with van der Waals surface area (Å²) in [6.07, 6.45) is 47.2. The molecule has 0 amide bonds. The molecule has 0 N–H and O–H groups in total. The average Bonchev–Trinajstić information content (AvgIpc) is 3.23. The van der Waals surface area contributed by atoms with Gasteiger partial charge in [-0.05, 0) is 111 Å². The molecule has 0 atom stereocenters. The first-order valence-electron chi connectivity index (χ1n) is 22.4. The first-order valence-corrected chi connectivity index (χ1v) is 25.5. The van der Waals surface area contributed by atoms with Crippen LogP contribution in [0, 0.1) is 0 Å². The monoisotopic (exact) mass is 1130 g/mol. The van der Waals surface area contributed by atoms with Gasteiger partial charge in [-0.1, -0.05) is 204 Å². The Bertz CT molecular complexity index is 822. The van der Waals surface area contributed by atoms with E-state index in [0.717, 1.165) is 0 Å². The van der Waals surface area contributed by atoms with Gasteiger partial charge in [0.2, 0.25) is 0 Å². The molecule has 0 saturated heterocycles. The van der Waals surface area contributed by atoms with Crippen LogP contribution in [0.5, 0.6) is 0 Å². The zero-order valence-electron chi connectivity index (χ0n) is 34.3. The van der Waals surface area contributed by atoms with Crippen LogP contribution in [0.1, 0.15) is 193 Å². The smallest absolute Gasteiger partial charge is 0 e. The number of hydrogen-bond acceptors (Lipinski definition) is 0. The summed E-state index contributed by atoms with van der Waals surface area (Å²) in [5.41, 5.74) is 7.14. The van der Waals surface area contributed by atoms with E-state index >= 15 is 0 Å². The fourth-order valence-electron chi connectivity index (χ4n) is 10.8. The van der Waals surface area contributed by atoms with Crippen LogP contribution in [-0.4, -0.2) is 34.0 Å². The van der Waals surface area contributed by atoms with Crippen molar-refractivity contribution >= 4 is 15.8 Å². The van der Waals surface area contributed by atoms with Crippen molar-refractivity contribution in [2.75, 3.05) is 0 Å². The third-order valence-corrected chi connectivity index (χ3v) is 21.5. The molecule has 0 heterocycles. The Labute approximate surface area is 386 Å².